The molecule has 76 valence electrons. The van der Waals surface area contributed by atoms with E-state index in [4.69, 9.17) is 5.73 Å². The minimum absolute atomic E-state index is 0.295. The standard InChI is InChI=1S/C9H18N2O2/c1-13-9(12)11-8-3-2-7(6-8)4-5-10/h7-8H,2-6,10H2,1H3,(H,11,12). The zero-order valence-corrected chi connectivity index (χ0v) is 8.08. The third-order valence-corrected chi connectivity index (χ3v) is 2.62. The molecule has 0 heterocycles. The Hall–Kier alpha value is -0.770. The lowest BCUT2D eigenvalue weighted by atomic mass is 10.0. The van der Waals surface area contributed by atoms with Gasteiger partial charge >= 0.3 is 6.09 Å². The van der Waals surface area contributed by atoms with E-state index >= 15 is 0 Å². The molecule has 3 N–H and O–H groups in total. The van der Waals surface area contributed by atoms with Gasteiger partial charge in [0.15, 0.2) is 0 Å². The Balaban J connectivity index is 2.20. The van der Waals surface area contributed by atoms with E-state index < -0.39 is 0 Å². The molecule has 1 aliphatic rings. The number of amides is 1. The number of rotatable bonds is 3. The summed E-state index contributed by atoms with van der Waals surface area (Å²) in [4.78, 5) is 10.9. The first-order valence-electron chi connectivity index (χ1n) is 4.80. The van der Waals surface area contributed by atoms with Crippen LogP contribution in [0.2, 0.25) is 0 Å². The molecule has 2 atom stereocenters. The average molecular weight is 186 g/mol. The average Bonchev–Trinajstić information content (AvgIpc) is 2.53. The molecule has 1 amide bonds. The molecule has 0 aromatic carbocycles. The fourth-order valence-corrected chi connectivity index (χ4v) is 1.93. The van der Waals surface area contributed by atoms with Gasteiger partial charge < -0.3 is 15.8 Å². The first-order chi connectivity index (χ1) is 6.26. The third kappa shape index (κ3) is 3.22. The number of alkyl carbamates (subject to hydrolysis) is 1. The molecule has 0 aromatic heterocycles. The Labute approximate surface area is 78.8 Å². The molecule has 0 spiro atoms. The molecule has 0 aromatic rings. The molecule has 4 nitrogen and oxygen atoms in total. The largest absolute Gasteiger partial charge is 0.453 e. The van der Waals surface area contributed by atoms with E-state index in [9.17, 15) is 4.79 Å². The molecule has 0 bridgehead atoms. The van der Waals surface area contributed by atoms with Crippen molar-refractivity contribution in [2.75, 3.05) is 13.7 Å². The van der Waals surface area contributed by atoms with Gasteiger partial charge in [-0.2, -0.15) is 0 Å². The van der Waals surface area contributed by atoms with Crippen molar-refractivity contribution in [1.82, 2.24) is 5.32 Å². The molecule has 4 heteroatoms. The normalized spacial score (nSPS) is 27.2. The van der Waals surface area contributed by atoms with Gasteiger partial charge in [0.2, 0.25) is 0 Å². The summed E-state index contributed by atoms with van der Waals surface area (Å²) in [6.07, 6.45) is 4.02. The maximum Gasteiger partial charge on any atom is 0.407 e. The van der Waals surface area contributed by atoms with Gasteiger partial charge in [0.1, 0.15) is 0 Å². The summed E-state index contributed by atoms with van der Waals surface area (Å²) in [5.74, 6) is 0.687. The zero-order valence-electron chi connectivity index (χ0n) is 8.08. The van der Waals surface area contributed by atoms with Crippen LogP contribution in [0.3, 0.4) is 0 Å². The summed E-state index contributed by atoms with van der Waals surface area (Å²) in [6, 6.07) is 0.295. The van der Waals surface area contributed by atoms with Gasteiger partial charge in [0.05, 0.1) is 7.11 Å². The lowest BCUT2D eigenvalue weighted by molar-refractivity contribution is 0.166. The summed E-state index contributed by atoms with van der Waals surface area (Å²) < 4.78 is 4.53. The van der Waals surface area contributed by atoms with E-state index in [1.165, 1.54) is 13.5 Å². The highest BCUT2D eigenvalue weighted by molar-refractivity contribution is 5.67. The first-order valence-corrected chi connectivity index (χ1v) is 4.80. The fraction of sp³-hybridized carbons (Fsp3) is 0.889. The number of methoxy groups -OCH3 is 1. The maximum absolute atomic E-state index is 10.9. The second kappa shape index (κ2) is 5.07. The predicted octanol–water partition coefficient (Wildman–Crippen LogP) is 0.860. The van der Waals surface area contributed by atoms with Crippen LogP contribution in [-0.4, -0.2) is 25.8 Å². The Kier molecular flexibility index (Phi) is 4.02. The number of nitrogens with one attached hydrogen (secondary N) is 1. The Morgan fingerprint density at radius 3 is 3.00 bits per heavy atom. The Bertz CT molecular complexity index is 173. The number of nitrogens with two attached hydrogens (primary N) is 1. The predicted molar refractivity (Wildman–Crippen MR) is 50.3 cm³/mol. The van der Waals surface area contributed by atoms with Crippen molar-refractivity contribution >= 4 is 6.09 Å². The van der Waals surface area contributed by atoms with Crippen LogP contribution in [0, 0.1) is 5.92 Å². The van der Waals surface area contributed by atoms with E-state index in [1.807, 2.05) is 0 Å². The van der Waals surface area contributed by atoms with Crippen molar-refractivity contribution < 1.29 is 9.53 Å². The number of ether oxygens (including phenoxy) is 1. The van der Waals surface area contributed by atoms with Crippen LogP contribution in [-0.2, 0) is 4.74 Å². The van der Waals surface area contributed by atoms with E-state index in [0.29, 0.717) is 12.0 Å². The first kappa shape index (κ1) is 10.3. The van der Waals surface area contributed by atoms with Crippen LogP contribution >= 0.6 is 0 Å². The summed E-state index contributed by atoms with van der Waals surface area (Å²) in [5.41, 5.74) is 5.47. The van der Waals surface area contributed by atoms with Crippen molar-refractivity contribution in [3.05, 3.63) is 0 Å². The van der Waals surface area contributed by atoms with E-state index in [2.05, 4.69) is 10.1 Å². The van der Waals surface area contributed by atoms with Crippen LogP contribution in [0.5, 0.6) is 0 Å². The molecule has 0 aliphatic heterocycles. The third-order valence-electron chi connectivity index (χ3n) is 2.62. The van der Waals surface area contributed by atoms with Crippen molar-refractivity contribution in [2.45, 2.75) is 31.7 Å². The molecule has 1 fully saturated rings. The molecule has 13 heavy (non-hydrogen) atoms. The molecule has 0 radical (unpaired) electrons. The number of hydrogen-bond donors (Lipinski definition) is 2. The van der Waals surface area contributed by atoms with Gasteiger partial charge in [-0.05, 0) is 38.1 Å². The summed E-state index contributed by atoms with van der Waals surface area (Å²) >= 11 is 0. The highest BCUT2D eigenvalue weighted by Gasteiger charge is 2.25. The minimum Gasteiger partial charge on any atom is -0.453 e. The molecule has 2 unspecified atom stereocenters. The second-order valence-electron chi connectivity index (χ2n) is 3.59. The van der Waals surface area contributed by atoms with Crippen molar-refractivity contribution in [1.29, 1.82) is 0 Å². The van der Waals surface area contributed by atoms with E-state index in [-0.39, 0.29) is 6.09 Å². The highest BCUT2D eigenvalue weighted by atomic mass is 16.5. The van der Waals surface area contributed by atoms with Gasteiger partial charge in [0, 0.05) is 6.04 Å². The summed E-state index contributed by atoms with van der Waals surface area (Å²) in [6.45, 7) is 0.746. The smallest absolute Gasteiger partial charge is 0.407 e. The summed E-state index contributed by atoms with van der Waals surface area (Å²) in [5, 5.41) is 2.81. The van der Waals surface area contributed by atoms with Crippen molar-refractivity contribution in [3.8, 4) is 0 Å². The highest BCUT2D eigenvalue weighted by Crippen LogP contribution is 2.27. The zero-order chi connectivity index (χ0) is 9.68. The Morgan fingerprint density at radius 2 is 2.38 bits per heavy atom. The van der Waals surface area contributed by atoms with Gasteiger partial charge in [-0.25, -0.2) is 4.79 Å². The van der Waals surface area contributed by atoms with Crippen LogP contribution in [0.4, 0.5) is 4.79 Å². The fourth-order valence-electron chi connectivity index (χ4n) is 1.93. The molecular formula is C9H18N2O2. The number of hydrogen-bond acceptors (Lipinski definition) is 3. The maximum atomic E-state index is 10.9. The van der Waals surface area contributed by atoms with E-state index in [0.717, 1.165) is 25.8 Å². The van der Waals surface area contributed by atoms with Crippen LogP contribution in [0.1, 0.15) is 25.7 Å². The SMILES string of the molecule is COC(=O)NC1CCC(CCN)C1. The van der Waals surface area contributed by atoms with Gasteiger partial charge in [-0.3, -0.25) is 0 Å². The lowest BCUT2D eigenvalue weighted by Gasteiger charge is -2.11. The minimum atomic E-state index is -0.321. The Morgan fingerprint density at radius 1 is 1.62 bits per heavy atom. The number of carbonyl (C=O) groups is 1. The molecule has 1 rings (SSSR count). The molecule has 1 aliphatic carbocycles. The van der Waals surface area contributed by atoms with Gasteiger partial charge in [-0.15, -0.1) is 0 Å². The molecule has 1 saturated carbocycles. The van der Waals surface area contributed by atoms with Crippen LogP contribution < -0.4 is 11.1 Å². The van der Waals surface area contributed by atoms with Crippen LogP contribution in [0.15, 0.2) is 0 Å². The quantitative estimate of drug-likeness (QED) is 0.687. The van der Waals surface area contributed by atoms with Crippen molar-refractivity contribution in [3.63, 3.8) is 0 Å². The van der Waals surface area contributed by atoms with Gasteiger partial charge in [0.25, 0.3) is 0 Å². The van der Waals surface area contributed by atoms with Crippen LogP contribution in [0.25, 0.3) is 0 Å². The van der Waals surface area contributed by atoms with Gasteiger partial charge in [-0.1, -0.05) is 0 Å². The molecule has 0 saturated heterocycles. The topological polar surface area (TPSA) is 64.3 Å². The van der Waals surface area contributed by atoms with Crippen molar-refractivity contribution in [2.24, 2.45) is 11.7 Å². The molecular weight excluding hydrogens is 168 g/mol. The second-order valence-corrected chi connectivity index (χ2v) is 3.59. The van der Waals surface area contributed by atoms with E-state index in [1.54, 1.807) is 0 Å². The monoisotopic (exact) mass is 186 g/mol. The summed E-state index contributed by atoms with van der Waals surface area (Å²) in [7, 11) is 1.39. The number of carbonyl (C=O) groups excluding carboxylic acids is 1. The lowest BCUT2D eigenvalue weighted by Crippen LogP contribution is -2.32.